The Labute approximate surface area is 246 Å². The molecule has 0 radical (unpaired) electrons. The highest BCUT2D eigenvalue weighted by Gasteiger charge is 2.25. The van der Waals surface area contributed by atoms with Crippen LogP contribution < -0.4 is 0 Å². The molecule has 0 atom stereocenters. The Morgan fingerprint density at radius 1 is 0.452 bits per heavy atom. The molecule has 0 aliphatic heterocycles. The smallest absolute Gasteiger partial charge is 0.0625 e. The molecule has 42 heavy (non-hydrogen) atoms. The third-order valence-electron chi connectivity index (χ3n) is 8.60. The van der Waals surface area contributed by atoms with Gasteiger partial charge in [0, 0.05) is 22.0 Å². The van der Waals surface area contributed by atoms with E-state index < -0.39 is 0 Å². The maximum absolute atomic E-state index is 2.46. The van der Waals surface area contributed by atoms with E-state index in [1.165, 1.54) is 77.6 Å². The van der Waals surface area contributed by atoms with Gasteiger partial charge in [-0.15, -0.1) is 0 Å². The highest BCUT2D eigenvalue weighted by molar-refractivity contribution is 6.18. The second kappa shape index (κ2) is 9.90. The molecule has 0 amide bonds. The Bertz CT molecular complexity index is 2160. The number of fused-ring (bicyclic) bond motifs is 7. The van der Waals surface area contributed by atoms with E-state index in [1.54, 1.807) is 0 Å². The van der Waals surface area contributed by atoms with Gasteiger partial charge in [-0.1, -0.05) is 133 Å². The zero-order chi connectivity index (χ0) is 28.0. The molecule has 0 unspecified atom stereocenters. The molecule has 0 fully saturated rings. The van der Waals surface area contributed by atoms with Crippen molar-refractivity contribution in [3.63, 3.8) is 0 Å². The van der Waals surface area contributed by atoms with Crippen LogP contribution in [0.2, 0.25) is 0 Å². The second-order valence-electron chi connectivity index (χ2n) is 10.9. The van der Waals surface area contributed by atoms with Gasteiger partial charge >= 0.3 is 0 Å². The Morgan fingerprint density at radius 3 is 1.79 bits per heavy atom. The van der Waals surface area contributed by atoms with Crippen LogP contribution >= 0.6 is 0 Å². The topological polar surface area (TPSA) is 4.93 Å². The molecule has 1 aliphatic rings. The predicted molar refractivity (Wildman–Crippen MR) is 179 cm³/mol. The molecule has 6 aromatic carbocycles. The lowest BCUT2D eigenvalue weighted by Gasteiger charge is -2.24. The largest absolute Gasteiger partial charge is 0.309 e. The summed E-state index contributed by atoms with van der Waals surface area (Å²) in [6.45, 7) is 2.28. The first-order valence-electron chi connectivity index (χ1n) is 14.5. The summed E-state index contributed by atoms with van der Waals surface area (Å²) in [5, 5.41) is 2.53. The van der Waals surface area contributed by atoms with E-state index in [0.29, 0.717) is 0 Å². The quantitative estimate of drug-likeness (QED) is 0.212. The van der Waals surface area contributed by atoms with Crippen LogP contribution in [0.1, 0.15) is 29.2 Å². The Balaban J connectivity index is 1.59. The zero-order valence-corrected chi connectivity index (χ0v) is 23.5. The second-order valence-corrected chi connectivity index (χ2v) is 10.9. The molecule has 1 aromatic heterocycles. The maximum Gasteiger partial charge on any atom is 0.0625 e. The van der Waals surface area contributed by atoms with Gasteiger partial charge in [-0.25, -0.2) is 0 Å². The van der Waals surface area contributed by atoms with Crippen molar-refractivity contribution in [1.29, 1.82) is 0 Å². The van der Waals surface area contributed by atoms with Gasteiger partial charge in [-0.05, 0) is 75.7 Å². The van der Waals surface area contributed by atoms with E-state index in [0.717, 1.165) is 0 Å². The highest BCUT2D eigenvalue weighted by Crippen LogP contribution is 2.48. The number of rotatable bonds is 3. The molecule has 7 aromatic rings. The van der Waals surface area contributed by atoms with Gasteiger partial charge in [0.1, 0.15) is 0 Å². The summed E-state index contributed by atoms with van der Waals surface area (Å²) in [4.78, 5) is 0. The van der Waals surface area contributed by atoms with Crippen LogP contribution in [0.25, 0.3) is 55.3 Å². The lowest BCUT2D eigenvalue weighted by Crippen LogP contribution is -2.03. The van der Waals surface area contributed by atoms with Gasteiger partial charge in [-0.2, -0.15) is 0 Å². The first kappa shape index (κ1) is 24.4. The fourth-order valence-corrected chi connectivity index (χ4v) is 6.68. The summed E-state index contributed by atoms with van der Waals surface area (Å²) in [5.41, 5.74) is 14.8. The summed E-state index contributed by atoms with van der Waals surface area (Å²) in [5.74, 6) is 0. The van der Waals surface area contributed by atoms with Crippen molar-refractivity contribution >= 4 is 38.5 Å². The molecule has 1 aliphatic carbocycles. The third-order valence-corrected chi connectivity index (χ3v) is 8.60. The van der Waals surface area contributed by atoms with Crippen molar-refractivity contribution in [2.75, 3.05) is 0 Å². The first-order valence-corrected chi connectivity index (χ1v) is 14.5. The maximum atomic E-state index is 2.46. The monoisotopic (exact) mass is 535 g/mol. The van der Waals surface area contributed by atoms with Crippen molar-refractivity contribution in [1.82, 2.24) is 4.57 Å². The normalized spacial score (nSPS) is 15.9. The first-order chi connectivity index (χ1) is 20.8. The van der Waals surface area contributed by atoms with Gasteiger partial charge in [0.05, 0.1) is 11.0 Å². The number of nitrogens with zero attached hydrogens (tertiary/aromatic N) is 1. The van der Waals surface area contributed by atoms with Crippen LogP contribution in [0.3, 0.4) is 0 Å². The molecule has 0 saturated carbocycles. The molecule has 1 nitrogen and oxygen atoms in total. The van der Waals surface area contributed by atoms with Crippen molar-refractivity contribution in [3.8, 4) is 16.8 Å². The van der Waals surface area contributed by atoms with Gasteiger partial charge in [-0.3, -0.25) is 0 Å². The molecule has 0 spiro atoms. The third kappa shape index (κ3) is 3.78. The molecular weight excluding hydrogens is 506 g/mol. The van der Waals surface area contributed by atoms with Crippen molar-refractivity contribution in [2.24, 2.45) is 0 Å². The molecule has 198 valence electrons. The van der Waals surface area contributed by atoms with E-state index in [2.05, 4.69) is 169 Å². The van der Waals surface area contributed by atoms with Gasteiger partial charge in [0.15, 0.2) is 0 Å². The average molecular weight is 536 g/mol. The number of aromatic nitrogens is 1. The van der Waals surface area contributed by atoms with E-state index >= 15 is 0 Å². The minimum Gasteiger partial charge on any atom is -0.309 e. The number of benzene rings is 6. The van der Waals surface area contributed by atoms with Crippen LogP contribution in [0, 0.1) is 0 Å². The zero-order valence-electron chi connectivity index (χ0n) is 23.5. The van der Waals surface area contributed by atoms with Crippen LogP contribution in [0.15, 0.2) is 158 Å². The predicted octanol–water partition coefficient (Wildman–Crippen LogP) is 10.8. The SMILES string of the molecule is C/C1=C(c2ccccc2)\C=C(\c2ccccc2)c2ccc3c4ccccc4n(-c4ccccc4)c3c2-c2ccccc21. The summed E-state index contributed by atoms with van der Waals surface area (Å²) in [7, 11) is 0. The minimum absolute atomic E-state index is 1.17. The summed E-state index contributed by atoms with van der Waals surface area (Å²) in [6.07, 6.45) is 2.41. The van der Waals surface area contributed by atoms with Crippen LogP contribution in [0.4, 0.5) is 0 Å². The molecule has 0 N–H and O–H groups in total. The van der Waals surface area contributed by atoms with Crippen molar-refractivity contribution in [3.05, 3.63) is 180 Å². The van der Waals surface area contributed by atoms with Crippen LogP contribution in [-0.4, -0.2) is 4.57 Å². The lowest BCUT2D eigenvalue weighted by molar-refractivity contribution is 1.18. The molecule has 0 saturated heterocycles. The highest BCUT2D eigenvalue weighted by atomic mass is 15.0. The lowest BCUT2D eigenvalue weighted by atomic mass is 9.80. The minimum atomic E-state index is 1.17. The fraction of sp³-hybridized carbons (Fsp3) is 0.0244. The fourth-order valence-electron chi connectivity index (χ4n) is 6.68. The van der Waals surface area contributed by atoms with Crippen LogP contribution in [0.5, 0.6) is 0 Å². The van der Waals surface area contributed by atoms with Gasteiger partial charge in [0.25, 0.3) is 0 Å². The van der Waals surface area contributed by atoms with Gasteiger partial charge < -0.3 is 4.57 Å². The Hall–Kier alpha value is -5.40. The van der Waals surface area contributed by atoms with E-state index in [9.17, 15) is 0 Å². The number of para-hydroxylation sites is 2. The van der Waals surface area contributed by atoms with E-state index in [4.69, 9.17) is 0 Å². The number of hydrogen-bond donors (Lipinski definition) is 0. The van der Waals surface area contributed by atoms with E-state index in [1.807, 2.05) is 0 Å². The molecule has 1 heterocycles. The average Bonchev–Trinajstić information content (AvgIpc) is 3.40. The molecular formula is C41H29N. The van der Waals surface area contributed by atoms with Crippen LogP contribution in [-0.2, 0) is 0 Å². The van der Waals surface area contributed by atoms with Gasteiger partial charge in [0.2, 0.25) is 0 Å². The molecule has 1 heteroatoms. The Kier molecular flexibility index (Phi) is 5.75. The summed E-state index contributed by atoms with van der Waals surface area (Å²) >= 11 is 0. The van der Waals surface area contributed by atoms with Crippen molar-refractivity contribution < 1.29 is 0 Å². The van der Waals surface area contributed by atoms with Crippen molar-refractivity contribution in [2.45, 2.75) is 6.92 Å². The summed E-state index contributed by atoms with van der Waals surface area (Å²) in [6, 6.07) is 54.8. The summed E-state index contributed by atoms with van der Waals surface area (Å²) < 4.78 is 2.46. The standard InChI is InChI=1S/C41H29N/c1-28-32-21-11-12-23-34(32)40-35(38(30-17-7-3-8-18-30)27-37(28)29-15-5-2-6-16-29)25-26-36-33-22-13-14-24-39(33)42(41(36)40)31-19-9-4-10-20-31/h2-27H,1H3/b32-28?,37-27?,37-28-,38-27-,38-35?,40-34?. The van der Waals surface area contributed by atoms with E-state index in [-0.39, 0.29) is 0 Å². The number of hydrogen-bond acceptors (Lipinski definition) is 0. The molecule has 8 rings (SSSR count). The Morgan fingerprint density at radius 2 is 1.05 bits per heavy atom. The molecule has 0 bridgehead atoms. The number of allylic oxidation sites excluding steroid dienone is 3.